The molecule has 2 heteroatoms. The molecule has 1 aliphatic heterocycles. The molecule has 0 aromatic rings. The predicted octanol–water partition coefficient (Wildman–Crippen LogP) is 2.50. The highest BCUT2D eigenvalue weighted by molar-refractivity contribution is 4.84. The maximum Gasteiger partial charge on any atom is 0.0117 e. The van der Waals surface area contributed by atoms with Gasteiger partial charge in [-0.2, -0.15) is 0 Å². The lowest BCUT2D eigenvalue weighted by Crippen LogP contribution is -2.48. The molecule has 98 valence electrons. The van der Waals surface area contributed by atoms with Crippen LogP contribution in [0.5, 0.6) is 0 Å². The molecule has 0 aromatic heterocycles. The number of terminal acetylenes is 1. The number of rotatable bonds is 7. The number of hydrogen-bond donors (Lipinski definition) is 1. The molecule has 1 N–H and O–H groups in total. The van der Waals surface area contributed by atoms with Crippen LogP contribution in [-0.2, 0) is 0 Å². The standard InChI is InChI=1S/C15H28N2/c1-4-6-7-8-11-17-12-9-15(14(3)13-17)16-10-5-2/h1,14-16H,5-13H2,2-3H3. The minimum atomic E-state index is 0.733. The molecule has 0 radical (unpaired) electrons. The molecule has 0 amide bonds. The molecule has 0 aliphatic carbocycles. The van der Waals surface area contributed by atoms with Crippen molar-refractivity contribution in [2.45, 2.75) is 52.0 Å². The van der Waals surface area contributed by atoms with Gasteiger partial charge in [0.2, 0.25) is 0 Å². The minimum absolute atomic E-state index is 0.733. The Morgan fingerprint density at radius 3 is 2.88 bits per heavy atom. The maximum absolute atomic E-state index is 5.26. The van der Waals surface area contributed by atoms with Crippen molar-refractivity contribution in [3.63, 3.8) is 0 Å². The van der Waals surface area contributed by atoms with Crippen molar-refractivity contribution in [1.82, 2.24) is 10.2 Å². The van der Waals surface area contributed by atoms with Crippen molar-refractivity contribution < 1.29 is 0 Å². The largest absolute Gasteiger partial charge is 0.314 e. The fraction of sp³-hybridized carbons (Fsp3) is 0.867. The highest BCUT2D eigenvalue weighted by Gasteiger charge is 2.24. The molecule has 1 aliphatic rings. The summed E-state index contributed by atoms with van der Waals surface area (Å²) in [4.78, 5) is 2.60. The van der Waals surface area contributed by atoms with E-state index in [0.717, 1.165) is 24.9 Å². The van der Waals surface area contributed by atoms with Gasteiger partial charge in [-0.05, 0) is 51.2 Å². The summed E-state index contributed by atoms with van der Waals surface area (Å²) in [6.07, 6.45) is 11.2. The number of nitrogens with zero attached hydrogens (tertiary/aromatic N) is 1. The minimum Gasteiger partial charge on any atom is -0.314 e. The maximum atomic E-state index is 5.26. The molecule has 1 fully saturated rings. The van der Waals surface area contributed by atoms with Crippen molar-refractivity contribution >= 4 is 0 Å². The molecule has 2 atom stereocenters. The fourth-order valence-corrected chi connectivity index (χ4v) is 2.63. The van der Waals surface area contributed by atoms with E-state index >= 15 is 0 Å². The van der Waals surface area contributed by atoms with Crippen LogP contribution in [0.2, 0.25) is 0 Å². The molecular formula is C15H28N2. The second-order valence-electron chi connectivity index (χ2n) is 5.29. The van der Waals surface area contributed by atoms with Crippen molar-refractivity contribution in [2.24, 2.45) is 5.92 Å². The van der Waals surface area contributed by atoms with Crippen LogP contribution < -0.4 is 5.32 Å². The molecule has 17 heavy (non-hydrogen) atoms. The number of hydrogen-bond acceptors (Lipinski definition) is 2. The summed E-state index contributed by atoms with van der Waals surface area (Å²) >= 11 is 0. The molecule has 2 unspecified atom stereocenters. The summed E-state index contributed by atoms with van der Waals surface area (Å²) in [7, 11) is 0. The number of piperidine rings is 1. The number of likely N-dealkylation sites (tertiary alicyclic amines) is 1. The van der Waals surface area contributed by atoms with Crippen molar-refractivity contribution in [1.29, 1.82) is 0 Å². The monoisotopic (exact) mass is 236 g/mol. The van der Waals surface area contributed by atoms with Gasteiger partial charge >= 0.3 is 0 Å². The summed E-state index contributed by atoms with van der Waals surface area (Å²) in [5.41, 5.74) is 0. The Hall–Kier alpha value is -0.520. The Kier molecular flexibility index (Phi) is 7.32. The van der Waals surface area contributed by atoms with Crippen molar-refractivity contribution in [2.75, 3.05) is 26.2 Å². The summed E-state index contributed by atoms with van der Waals surface area (Å²) < 4.78 is 0. The van der Waals surface area contributed by atoms with Gasteiger partial charge in [0.15, 0.2) is 0 Å². The molecule has 0 saturated carbocycles. The van der Waals surface area contributed by atoms with Crippen LogP contribution in [0.15, 0.2) is 0 Å². The third kappa shape index (κ3) is 5.57. The van der Waals surface area contributed by atoms with Gasteiger partial charge in [-0.1, -0.05) is 13.8 Å². The highest BCUT2D eigenvalue weighted by Crippen LogP contribution is 2.17. The molecule has 0 bridgehead atoms. The Labute approximate surface area is 107 Å². The van der Waals surface area contributed by atoms with Crippen LogP contribution in [0.4, 0.5) is 0 Å². The van der Waals surface area contributed by atoms with Crippen LogP contribution in [0.1, 0.15) is 46.0 Å². The number of nitrogens with one attached hydrogen (secondary N) is 1. The van der Waals surface area contributed by atoms with Crippen molar-refractivity contribution in [3.8, 4) is 12.3 Å². The van der Waals surface area contributed by atoms with E-state index in [0.29, 0.717) is 0 Å². The van der Waals surface area contributed by atoms with Crippen LogP contribution in [-0.4, -0.2) is 37.1 Å². The average molecular weight is 236 g/mol. The first-order valence-electron chi connectivity index (χ1n) is 7.17. The fourth-order valence-electron chi connectivity index (χ4n) is 2.63. The normalized spacial score (nSPS) is 25.7. The SMILES string of the molecule is C#CCCCCN1CCC(NCCC)C(C)C1. The van der Waals surface area contributed by atoms with Crippen LogP contribution in [0, 0.1) is 18.3 Å². The molecule has 1 saturated heterocycles. The summed E-state index contributed by atoms with van der Waals surface area (Å²) in [6.45, 7) is 9.50. The molecular weight excluding hydrogens is 208 g/mol. The van der Waals surface area contributed by atoms with Crippen molar-refractivity contribution in [3.05, 3.63) is 0 Å². The van der Waals surface area contributed by atoms with E-state index in [4.69, 9.17) is 6.42 Å². The van der Waals surface area contributed by atoms with E-state index in [-0.39, 0.29) is 0 Å². The van der Waals surface area contributed by atoms with Crippen LogP contribution in [0.3, 0.4) is 0 Å². The summed E-state index contributed by atoms with van der Waals surface area (Å²) in [5, 5.41) is 3.66. The van der Waals surface area contributed by atoms with E-state index in [1.165, 1.54) is 45.3 Å². The first-order chi connectivity index (χ1) is 8.27. The smallest absolute Gasteiger partial charge is 0.0117 e. The Balaban J connectivity index is 2.15. The first-order valence-corrected chi connectivity index (χ1v) is 7.17. The van der Waals surface area contributed by atoms with Gasteiger partial charge in [-0.25, -0.2) is 0 Å². The van der Waals surface area contributed by atoms with Gasteiger partial charge in [0.05, 0.1) is 0 Å². The van der Waals surface area contributed by atoms with Gasteiger partial charge in [0.1, 0.15) is 0 Å². The lowest BCUT2D eigenvalue weighted by atomic mass is 9.93. The lowest BCUT2D eigenvalue weighted by molar-refractivity contribution is 0.145. The van der Waals surface area contributed by atoms with Gasteiger partial charge in [-0.15, -0.1) is 12.3 Å². The quantitative estimate of drug-likeness (QED) is 0.540. The van der Waals surface area contributed by atoms with Gasteiger partial charge in [0.25, 0.3) is 0 Å². The zero-order valence-electron chi connectivity index (χ0n) is 11.5. The predicted molar refractivity (Wildman–Crippen MR) is 75.0 cm³/mol. The Morgan fingerprint density at radius 2 is 2.24 bits per heavy atom. The second-order valence-corrected chi connectivity index (χ2v) is 5.29. The molecule has 2 nitrogen and oxygen atoms in total. The zero-order chi connectivity index (χ0) is 12.5. The molecule has 1 heterocycles. The number of unbranched alkanes of at least 4 members (excludes halogenated alkanes) is 2. The highest BCUT2D eigenvalue weighted by atomic mass is 15.1. The van der Waals surface area contributed by atoms with Crippen LogP contribution >= 0.6 is 0 Å². The lowest BCUT2D eigenvalue weighted by Gasteiger charge is -2.37. The van der Waals surface area contributed by atoms with E-state index < -0.39 is 0 Å². The first kappa shape index (κ1) is 14.5. The molecule has 0 aromatic carbocycles. The molecule has 1 rings (SSSR count). The van der Waals surface area contributed by atoms with Gasteiger partial charge < -0.3 is 10.2 Å². The topological polar surface area (TPSA) is 15.3 Å². The summed E-state index contributed by atoms with van der Waals surface area (Å²) in [6, 6.07) is 0.733. The van der Waals surface area contributed by atoms with E-state index in [1.54, 1.807) is 0 Å². The van der Waals surface area contributed by atoms with E-state index in [2.05, 4.69) is 30.0 Å². The van der Waals surface area contributed by atoms with E-state index in [9.17, 15) is 0 Å². The second kappa shape index (κ2) is 8.55. The van der Waals surface area contributed by atoms with E-state index in [1.807, 2.05) is 0 Å². The van der Waals surface area contributed by atoms with Crippen LogP contribution in [0.25, 0.3) is 0 Å². The average Bonchev–Trinajstić information content (AvgIpc) is 2.34. The Bertz CT molecular complexity index is 232. The van der Waals surface area contributed by atoms with Gasteiger partial charge in [-0.3, -0.25) is 0 Å². The molecule has 0 spiro atoms. The third-order valence-corrected chi connectivity index (χ3v) is 3.69. The Morgan fingerprint density at radius 1 is 1.41 bits per heavy atom. The third-order valence-electron chi connectivity index (χ3n) is 3.69. The zero-order valence-corrected chi connectivity index (χ0v) is 11.5. The summed E-state index contributed by atoms with van der Waals surface area (Å²) in [5.74, 6) is 3.50. The van der Waals surface area contributed by atoms with Gasteiger partial charge in [0, 0.05) is 19.0 Å².